The van der Waals surface area contributed by atoms with Gasteiger partial charge < -0.3 is 10.4 Å². The van der Waals surface area contributed by atoms with Crippen molar-refractivity contribution in [2.45, 2.75) is 13.0 Å². The van der Waals surface area contributed by atoms with Crippen LogP contribution in [-0.2, 0) is 9.59 Å². The molecule has 0 bridgehead atoms. The zero-order valence-electron chi connectivity index (χ0n) is 9.72. The zero-order valence-corrected chi connectivity index (χ0v) is 11.3. The molecule has 1 heterocycles. The van der Waals surface area contributed by atoms with Gasteiger partial charge in [0.15, 0.2) is 0 Å². The first-order chi connectivity index (χ1) is 8.49. The number of nitrogens with one attached hydrogen (secondary N) is 1. The number of aromatic nitrogens is 1. The molecule has 1 rings (SSSR count). The molecule has 1 aromatic heterocycles. The number of hydrogen-bond donors (Lipinski definition) is 2. The summed E-state index contributed by atoms with van der Waals surface area (Å²) in [6, 6.07) is 3.20. The molecule has 0 saturated carbocycles. The van der Waals surface area contributed by atoms with Crippen LogP contribution in [0.4, 0.5) is 0 Å². The number of amides is 1. The molecular formula is C11H13ClN2O3S. The molecule has 0 spiro atoms. The Balaban J connectivity index is 2.39. The molecule has 2 N–H and O–H groups in total. The van der Waals surface area contributed by atoms with E-state index < -0.39 is 5.97 Å². The highest BCUT2D eigenvalue weighted by molar-refractivity contribution is 8.00. The molecule has 0 saturated heterocycles. The highest BCUT2D eigenvalue weighted by Gasteiger charge is 2.11. The molecule has 0 aliphatic heterocycles. The first-order valence-corrected chi connectivity index (χ1v) is 6.72. The van der Waals surface area contributed by atoms with Gasteiger partial charge in [-0.05, 0) is 19.1 Å². The third-order valence-corrected chi connectivity index (χ3v) is 3.17. The summed E-state index contributed by atoms with van der Waals surface area (Å²) in [4.78, 5) is 25.9. The quantitative estimate of drug-likeness (QED) is 0.833. The fourth-order valence-corrected chi connectivity index (χ4v) is 1.89. The summed E-state index contributed by atoms with van der Waals surface area (Å²) in [5.74, 6) is -1.11. The number of hydrogen-bond acceptors (Lipinski definition) is 4. The first kappa shape index (κ1) is 14.8. The van der Waals surface area contributed by atoms with E-state index in [0.29, 0.717) is 10.7 Å². The third kappa shape index (κ3) is 5.37. The number of halogens is 1. The van der Waals surface area contributed by atoms with Crippen molar-refractivity contribution in [3.05, 3.63) is 29.0 Å². The van der Waals surface area contributed by atoms with Gasteiger partial charge in [-0.25, -0.2) is 0 Å². The maximum absolute atomic E-state index is 11.5. The standard InChI is InChI=1S/C11H13ClN2O3S/c1-7(9-3-2-8(12)4-13-9)14-10(15)5-18-6-11(16)17/h2-4,7H,5-6H2,1H3,(H,14,15)(H,16,17)/t7-/m1/s1. The van der Waals surface area contributed by atoms with Crippen molar-refractivity contribution in [3.63, 3.8) is 0 Å². The summed E-state index contributed by atoms with van der Waals surface area (Å²) >= 11 is 6.77. The van der Waals surface area contributed by atoms with Gasteiger partial charge in [0.05, 0.1) is 28.3 Å². The van der Waals surface area contributed by atoms with Crippen molar-refractivity contribution in [1.82, 2.24) is 10.3 Å². The number of carboxylic acid groups (broad SMARTS) is 1. The van der Waals surface area contributed by atoms with E-state index in [9.17, 15) is 9.59 Å². The Bertz CT molecular complexity index is 425. The molecule has 1 aromatic rings. The minimum atomic E-state index is -0.930. The molecule has 0 aliphatic carbocycles. The molecule has 5 nitrogen and oxygen atoms in total. The molecule has 0 fully saturated rings. The first-order valence-electron chi connectivity index (χ1n) is 5.19. The van der Waals surface area contributed by atoms with Crippen LogP contribution in [0.25, 0.3) is 0 Å². The summed E-state index contributed by atoms with van der Waals surface area (Å²) in [7, 11) is 0. The number of carboxylic acids is 1. The van der Waals surface area contributed by atoms with E-state index in [-0.39, 0.29) is 23.5 Å². The van der Waals surface area contributed by atoms with Crippen LogP contribution in [0.5, 0.6) is 0 Å². The molecule has 0 radical (unpaired) electrons. The minimum Gasteiger partial charge on any atom is -0.481 e. The van der Waals surface area contributed by atoms with Gasteiger partial charge in [-0.1, -0.05) is 11.6 Å². The lowest BCUT2D eigenvalue weighted by atomic mass is 10.2. The Labute approximate surface area is 114 Å². The summed E-state index contributed by atoms with van der Waals surface area (Å²) in [5, 5.41) is 11.7. The van der Waals surface area contributed by atoms with E-state index >= 15 is 0 Å². The second-order valence-electron chi connectivity index (χ2n) is 3.58. The lowest BCUT2D eigenvalue weighted by Crippen LogP contribution is -2.29. The number of rotatable bonds is 6. The van der Waals surface area contributed by atoms with Crippen LogP contribution in [0.3, 0.4) is 0 Å². The van der Waals surface area contributed by atoms with E-state index in [1.165, 1.54) is 6.20 Å². The van der Waals surface area contributed by atoms with Gasteiger partial charge in [-0.15, -0.1) is 11.8 Å². The molecular weight excluding hydrogens is 276 g/mol. The molecule has 1 atom stereocenters. The topological polar surface area (TPSA) is 79.3 Å². The predicted octanol–water partition coefficient (Wildman–Crippen LogP) is 1.73. The largest absolute Gasteiger partial charge is 0.481 e. The molecule has 98 valence electrons. The van der Waals surface area contributed by atoms with Crippen molar-refractivity contribution >= 4 is 35.2 Å². The molecule has 0 unspecified atom stereocenters. The van der Waals surface area contributed by atoms with Crippen molar-refractivity contribution in [2.24, 2.45) is 0 Å². The summed E-state index contributed by atoms with van der Waals surface area (Å²) in [6.45, 7) is 1.80. The van der Waals surface area contributed by atoms with Gasteiger partial charge in [-0.2, -0.15) is 0 Å². The maximum Gasteiger partial charge on any atom is 0.313 e. The minimum absolute atomic E-state index is 0.0823. The van der Waals surface area contributed by atoms with E-state index in [2.05, 4.69) is 10.3 Å². The van der Waals surface area contributed by atoms with Gasteiger partial charge in [0.2, 0.25) is 5.91 Å². The van der Waals surface area contributed by atoms with Crippen LogP contribution in [0.1, 0.15) is 18.7 Å². The Kier molecular flexibility index (Phi) is 5.94. The van der Waals surface area contributed by atoms with E-state index in [1.807, 2.05) is 0 Å². The maximum atomic E-state index is 11.5. The van der Waals surface area contributed by atoms with Gasteiger partial charge >= 0.3 is 5.97 Å². The number of nitrogens with zero attached hydrogens (tertiary/aromatic N) is 1. The monoisotopic (exact) mass is 288 g/mol. The number of carbonyl (C=O) groups excluding carboxylic acids is 1. The van der Waals surface area contributed by atoms with Gasteiger partial charge in [0.25, 0.3) is 0 Å². The number of thioether (sulfide) groups is 1. The average molecular weight is 289 g/mol. The van der Waals surface area contributed by atoms with Crippen molar-refractivity contribution in [3.8, 4) is 0 Å². The van der Waals surface area contributed by atoms with Gasteiger partial charge in [-0.3, -0.25) is 14.6 Å². The Morgan fingerprint density at radius 2 is 2.22 bits per heavy atom. The van der Waals surface area contributed by atoms with E-state index in [4.69, 9.17) is 16.7 Å². The smallest absolute Gasteiger partial charge is 0.313 e. The normalized spacial score (nSPS) is 11.9. The van der Waals surface area contributed by atoms with Gasteiger partial charge in [0.1, 0.15) is 0 Å². The highest BCUT2D eigenvalue weighted by Crippen LogP contribution is 2.13. The zero-order chi connectivity index (χ0) is 13.5. The second kappa shape index (κ2) is 7.23. The highest BCUT2D eigenvalue weighted by atomic mass is 35.5. The van der Waals surface area contributed by atoms with Crippen LogP contribution in [-0.4, -0.2) is 33.5 Å². The lowest BCUT2D eigenvalue weighted by molar-refractivity contribution is -0.133. The molecule has 0 aromatic carbocycles. The predicted molar refractivity (Wildman–Crippen MR) is 70.8 cm³/mol. The summed E-state index contributed by atoms with van der Waals surface area (Å²) < 4.78 is 0. The Hall–Kier alpha value is -1.27. The summed E-state index contributed by atoms with van der Waals surface area (Å²) in [5.41, 5.74) is 0.705. The van der Waals surface area contributed by atoms with Crippen LogP contribution in [0.2, 0.25) is 5.02 Å². The third-order valence-electron chi connectivity index (χ3n) is 2.03. The van der Waals surface area contributed by atoms with Crippen LogP contribution < -0.4 is 5.32 Å². The SMILES string of the molecule is C[C@@H](NC(=O)CSCC(=O)O)c1ccc(Cl)cn1. The van der Waals surface area contributed by atoms with Crippen molar-refractivity contribution < 1.29 is 14.7 Å². The van der Waals surface area contributed by atoms with E-state index in [1.54, 1.807) is 19.1 Å². The number of carbonyl (C=O) groups is 2. The molecule has 0 aliphatic rings. The molecule has 7 heteroatoms. The average Bonchev–Trinajstić information content (AvgIpc) is 2.29. The van der Waals surface area contributed by atoms with Crippen molar-refractivity contribution in [1.29, 1.82) is 0 Å². The summed E-state index contributed by atoms with van der Waals surface area (Å²) in [6.07, 6.45) is 1.51. The van der Waals surface area contributed by atoms with Crippen molar-refractivity contribution in [2.75, 3.05) is 11.5 Å². The number of pyridine rings is 1. The van der Waals surface area contributed by atoms with Gasteiger partial charge in [0, 0.05) is 6.20 Å². The fraction of sp³-hybridized carbons (Fsp3) is 0.364. The van der Waals surface area contributed by atoms with Crippen LogP contribution in [0.15, 0.2) is 18.3 Å². The van der Waals surface area contributed by atoms with Crippen LogP contribution >= 0.6 is 23.4 Å². The Morgan fingerprint density at radius 3 is 2.78 bits per heavy atom. The van der Waals surface area contributed by atoms with E-state index in [0.717, 1.165) is 11.8 Å². The Morgan fingerprint density at radius 1 is 1.50 bits per heavy atom. The lowest BCUT2D eigenvalue weighted by Gasteiger charge is -2.13. The van der Waals surface area contributed by atoms with Crippen LogP contribution in [0, 0.1) is 0 Å². The fourth-order valence-electron chi connectivity index (χ4n) is 1.23. The molecule has 18 heavy (non-hydrogen) atoms. The molecule has 1 amide bonds. The number of aliphatic carboxylic acids is 1. The second-order valence-corrected chi connectivity index (χ2v) is 5.00.